The zero-order chi connectivity index (χ0) is 14.0. The van der Waals surface area contributed by atoms with E-state index >= 15 is 0 Å². The molecule has 0 aliphatic rings. The van der Waals surface area contributed by atoms with Crippen molar-refractivity contribution in [3.8, 4) is 5.75 Å². The van der Waals surface area contributed by atoms with Gasteiger partial charge in [-0.1, -0.05) is 24.8 Å². The molecule has 0 aliphatic carbocycles. The summed E-state index contributed by atoms with van der Waals surface area (Å²) >= 11 is 0. The molecule has 100 valence electrons. The Kier molecular flexibility index (Phi) is 3.93. The molecule has 0 aliphatic heterocycles. The van der Waals surface area contributed by atoms with E-state index in [-0.39, 0.29) is 0 Å². The van der Waals surface area contributed by atoms with E-state index in [1.165, 1.54) is 18.2 Å². The lowest BCUT2D eigenvalue weighted by molar-refractivity contribution is -0.299. The maximum atomic E-state index is 12.2. The van der Waals surface area contributed by atoms with E-state index in [9.17, 15) is 26.3 Å². The molecule has 7 heteroatoms. The second-order valence-electron chi connectivity index (χ2n) is 3.35. The van der Waals surface area contributed by atoms with E-state index in [0.29, 0.717) is 5.56 Å². The van der Waals surface area contributed by atoms with Crippen molar-refractivity contribution in [3.05, 3.63) is 36.4 Å². The maximum Gasteiger partial charge on any atom is 0.434 e. The molecule has 0 unspecified atom stereocenters. The Morgan fingerprint density at radius 1 is 0.944 bits per heavy atom. The lowest BCUT2D eigenvalue weighted by Gasteiger charge is -2.23. The molecular weight excluding hydrogens is 262 g/mol. The number of halogens is 6. The third-order valence-corrected chi connectivity index (χ3v) is 1.96. The standard InChI is InChI=1S/C11H8F6O/c1-2-7-3-5-8(6-4-7)18-9(10(12,13)14)11(15,16)17/h2-6,9H,1H2. The quantitative estimate of drug-likeness (QED) is 0.748. The molecule has 0 saturated heterocycles. The van der Waals surface area contributed by atoms with Crippen LogP contribution in [-0.4, -0.2) is 18.5 Å². The Labute approximate surface area is 98.7 Å². The molecule has 0 bridgehead atoms. The molecule has 0 aromatic heterocycles. The first-order valence-corrected chi connectivity index (χ1v) is 4.67. The summed E-state index contributed by atoms with van der Waals surface area (Å²) in [6.45, 7) is 3.40. The predicted octanol–water partition coefficient (Wildman–Crippen LogP) is 4.20. The molecule has 0 spiro atoms. The molecule has 1 nitrogen and oxygen atoms in total. The fraction of sp³-hybridized carbons (Fsp3) is 0.273. The van der Waals surface area contributed by atoms with Gasteiger partial charge in [-0.05, 0) is 17.7 Å². The minimum atomic E-state index is -5.52. The summed E-state index contributed by atoms with van der Waals surface area (Å²) in [5.74, 6) is -0.514. The molecule has 0 fully saturated rings. The van der Waals surface area contributed by atoms with Gasteiger partial charge in [-0.3, -0.25) is 0 Å². The Hall–Kier alpha value is -1.66. The summed E-state index contributed by atoms with van der Waals surface area (Å²) in [5, 5.41) is 0. The molecule has 1 aromatic rings. The lowest BCUT2D eigenvalue weighted by atomic mass is 10.2. The van der Waals surface area contributed by atoms with Crippen LogP contribution in [0.3, 0.4) is 0 Å². The Morgan fingerprint density at radius 3 is 1.72 bits per heavy atom. The minimum Gasteiger partial charge on any atom is -0.471 e. The van der Waals surface area contributed by atoms with Crippen molar-refractivity contribution >= 4 is 6.08 Å². The molecule has 0 heterocycles. The molecule has 0 saturated carbocycles. The number of rotatable bonds is 3. The molecule has 0 radical (unpaired) electrons. The van der Waals surface area contributed by atoms with Gasteiger partial charge in [-0.15, -0.1) is 0 Å². The normalized spacial score (nSPS) is 12.6. The van der Waals surface area contributed by atoms with Gasteiger partial charge in [-0.25, -0.2) is 0 Å². The fourth-order valence-corrected chi connectivity index (χ4v) is 1.14. The molecular formula is C11H8F6O. The zero-order valence-corrected chi connectivity index (χ0v) is 8.85. The van der Waals surface area contributed by atoms with Crippen molar-refractivity contribution in [1.29, 1.82) is 0 Å². The molecule has 1 rings (SSSR count). The van der Waals surface area contributed by atoms with Gasteiger partial charge in [0.1, 0.15) is 5.75 Å². The molecule has 1 aromatic carbocycles. The van der Waals surface area contributed by atoms with Crippen molar-refractivity contribution in [2.24, 2.45) is 0 Å². The van der Waals surface area contributed by atoms with Gasteiger partial charge in [0.05, 0.1) is 0 Å². The van der Waals surface area contributed by atoms with E-state index in [4.69, 9.17) is 0 Å². The third-order valence-electron chi connectivity index (χ3n) is 1.96. The first kappa shape index (κ1) is 14.4. The van der Waals surface area contributed by atoms with Crippen molar-refractivity contribution in [3.63, 3.8) is 0 Å². The fourth-order valence-electron chi connectivity index (χ4n) is 1.14. The Bertz CT molecular complexity index is 389. The summed E-state index contributed by atoms with van der Waals surface area (Å²) in [6, 6.07) is 4.63. The second-order valence-corrected chi connectivity index (χ2v) is 3.35. The summed E-state index contributed by atoms with van der Waals surface area (Å²) in [6.07, 6.45) is -13.5. The average Bonchev–Trinajstić information content (AvgIpc) is 2.23. The van der Waals surface area contributed by atoms with Crippen LogP contribution in [0.4, 0.5) is 26.3 Å². The van der Waals surface area contributed by atoms with Gasteiger partial charge in [0.15, 0.2) is 0 Å². The van der Waals surface area contributed by atoms with E-state index in [1.54, 1.807) is 0 Å². The molecule has 0 N–H and O–H groups in total. The number of ether oxygens (including phenoxy) is 1. The van der Waals surface area contributed by atoms with Crippen molar-refractivity contribution < 1.29 is 31.1 Å². The van der Waals surface area contributed by atoms with Crippen LogP contribution in [0.1, 0.15) is 5.56 Å². The summed E-state index contributed by atoms with van der Waals surface area (Å²) in [5.41, 5.74) is 0.554. The monoisotopic (exact) mass is 270 g/mol. The highest BCUT2D eigenvalue weighted by Gasteiger charge is 2.59. The van der Waals surface area contributed by atoms with Crippen molar-refractivity contribution in [2.75, 3.05) is 0 Å². The van der Waals surface area contributed by atoms with Crippen LogP contribution in [0.2, 0.25) is 0 Å². The zero-order valence-electron chi connectivity index (χ0n) is 8.85. The first-order chi connectivity index (χ1) is 8.14. The van der Waals surface area contributed by atoms with Crippen LogP contribution >= 0.6 is 0 Å². The van der Waals surface area contributed by atoms with E-state index in [2.05, 4.69) is 11.3 Å². The summed E-state index contributed by atoms with van der Waals surface area (Å²) in [7, 11) is 0. The van der Waals surface area contributed by atoms with Crippen LogP contribution in [0.5, 0.6) is 5.75 Å². The van der Waals surface area contributed by atoms with Gasteiger partial charge in [-0.2, -0.15) is 26.3 Å². The first-order valence-electron chi connectivity index (χ1n) is 4.67. The average molecular weight is 270 g/mol. The maximum absolute atomic E-state index is 12.2. The highest BCUT2D eigenvalue weighted by atomic mass is 19.4. The number of benzene rings is 1. The Morgan fingerprint density at radius 2 is 1.39 bits per heavy atom. The van der Waals surface area contributed by atoms with Gasteiger partial charge in [0.25, 0.3) is 6.10 Å². The predicted molar refractivity (Wildman–Crippen MR) is 53.1 cm³/mol. The van der Waals surface area contributed by atoms with Gasteiger partial charge >= 0.3 is 12.4 Å². The highest BCUT2D eigenvalue weighted by Crippen LogP contribution is 2.36. The lowest BCUT2D eigenvalue weighted by Crippen LogP contribution is -2.46. The van der Waals surface area contributed by atoms with Gasteiger partial charge in [0, 0.05) is 0 Å². The molecule has 0 atom stereocenters. The number of hydrogen-bond acceptors (Lipinski definition) is 1. The molecule has 0 amide bonds. The second kappa shape index (κ2) is 4.91. The van der Waals surface area contributed by atoms with Gasteiger partial charge in [0.2, 0.25) is 0 Å². The van der Waals surface area contributed by atoms with E-state index < -0.39 is 24.2 Å². The number of hydrogen-bond donors (Lipinski definition) is 0. The molecule has 18 heavy (non-hydrogen) atoms. The van der Waals surface area contributed by atoms with E-state index in [1.807, 2.05) is 0 Å². The van der Waals surface area contributed by atoms with Crippen LogP contribution in [-0.2, 0) is 0 Å². The summed E-state index contributed by atoms with van der Waals surface area (Å²) < 4.78 is 77.1. The minimum absolute atomic E-state index is 0.514. The smallest absolute Gasteiger partial charge is 0.434 e. The van der Waals surface area contributed by atoms with Crippen LogP contribution < -0.4 is 4.74 Å². The van der Waals surface area contributed by atoms with Crippen LogP contribution in [0.15, 0.2) is 30.8 Å². The van der Waals surface area contributed by atoms with Crippen molar-refractivity contribution in [2.45, 2.75) is 18.5 Å². The topological polar surface area (TPSA) is 9.23 Å². The van der Waals surface area contributed by atoms with Gasteiger partial charge < -0.3 is 4.74 Å². The van der Waals surface area contributed by atoms with Crippen LogP contribution in [0.25, 0.3) is 6.08 Å². The Balaban J connectivity index is 2.93. The third kappa shape index (κ3) is 3.68. The SMILES string of the molecule is C=Cc1ccc(OC(C(F)(F)F)C(F)(F)F)cc1. The number of alkyl halides is 6. The van der Waals surface area contributed by atoms with E-state index in [0.717, 1.165) is 12.1 Å². The largest absolute Gasteiger partial charge is 0.471 e. The highest BCUT2D eigenvalue weighted by molar-refractivity contribution is 5.48. The van der Waals surface area contributed by atoms with Crippen molar-refractivity contribution in [1.82, 2.24) is 0 Å². The van der Waals surface area contributed by atoms with Crippen LogP contribution in [0, 0.1) is 0 Å². The summed E-state index contributed by atoms with van der Waals surface area (Å²) in [4.78, 5) is 0.